The topological polar surface area (TPSA) is 181 Å². The van der Waals surface area contributed by atoms with Gasteiger partial charge in [-0.2, -0.15) is 5.10 Å². The van der Waals surface area contributed by atoms with E-state index in [4.69, 9.17) is 33.5 Å². The number of rotatable bonds is 21. The molecule has 2 aromatic heterocycles. The lowest BCUT2D eigenvalue weighted by Gasteiger charge is -2.37. The first kappa shape index (κ1) is 45.8. The van der Waals surface area contributed by atoms with Crippen LogP contribution >= 0.6 is 11.3 Å². The first-order chi connectivity index (χ1) is 30.3. The molecule has 2 aliphatic rings. The summed E-state index contributed by atoms with van der Waals surface area (Å²) in [6.07, 6.45) is -0.520. The summed E-state index contributed by atoms with van der Waals surface area (Å²) >= 11 is 1.29. The minimum atomic E-state index is -2.74. The number of thiazole rings is 1. The average Bonchev–Trinajstić information content (AvgIpc) is 4.05. The van der Waals surface area contributed by atoms with Crippen molar-refractivity contribution in [3.63, 3.8) is 0 Å². The number of esters is 1. The maximum Gasteiger partial charge on any atom is 0.340 e. The molecule has 5 aromatic rings. The summed E-state index contributed by atoms with van der Waals surface area (Å²) in [4.78, 5) is 29.6. The lowest BCUT2D eigenvalue weighted by atomic mass is 9.82. The number of aliphatic carboxylic acids is 1. The first-order valence-corrected chi connectivity index (χ1v) is 21.9. The zero-order valence-electron chi connectivity index (χ0n) is 35.6. The quantitative estimate of drug-likeness (QED) is 0.0609. The molecule has 14 nitrogen and oxygen atoms in total. The van der Waals surface area contributed by atoms with Gasteiger partial charge >= 0.3 is 11.9 Å². The van der Waals surface area contributed by atoms with Crippen molar-refractivity contribution >= 4 is 34.2 Å². The molecule has 2 fully saturated rings. The number of hydrogen-bond donors (Lipinski definition) is 3. The van der Waals surface area contributed by atoms with E-state index in [-0.39, 0.29) is 54.9 Å². The molecule has 3 N–H and O–H groups in total. The van der Waals surface area contributed by atoms with Crippen LogP contribution in [0.2, 0.25) is 0 Å². The number of aliphatic hydroxyl groups excluding tert-OH is 2. The summed E-state index contributed by atoms with van der Waals surface area (Å²) in [6, 6.07) is 12.8. The Morgan fingerprint density at radius 2 is 1.60 bits per heavy atom. The lowest BCUT2D eigenvalue weighted by molar-refractivity contribution is -0.136. The zero-order chi connectivity index (χ0) is 44.8. The number of fused-ring (bicyclic) bond motifs is 1. The fraction of sp³-hybridized carbons (Fsp3) is 0.478. The molecule has 0 radical (unpaired) electrons. The number of aromatic nitrogens is 3. The van der Waals surface area contributed by atoms with E-state index in [1.54, 1.807) is 40.5 Å². The molecular formula is C46H53F2N3O11S. The molecule has 2 heterocycles. The van der Waals surface area contributed by atoms with Crippen molar-refractivity contribution in [3.05, 3.63) is 98.6 Å². The number of nitrogens with zero attached hydrogens (tertiary/aromatic N) is 3. The normalized spacial score (nSPS) is 18.5. The monoisotopic (exact) mass is 893 g/mol. The number of carbonyl (C=O) groups excluding carboxylic acids is 1. The molecule has 3 aromatic carbocycles. The Morgan fingerprint density at radius 1 is 0.905 bits per heavy atom. The second-order valence-electron chi connectivity index (χ2n) is 16.1. The summed E-state index contributed by atoms with van der Waals surface area (Å²) in [6.45, 7) is 2.12. The molecule has 338 valence electrons. The molecule has 63 heavy (non-hydrogen) atoms. The molecule has 2 saturated carbocycles. The first-order valence-electron chi connectivity index (χ1n) is 21.0. The Bertz CT molecular complexity index is 2340. The second kappa shape index (κ2) is 20.5. The molecule has 0 saturated heterocycles. The van der Waals surface area contributed by atoms with Crippen molar-refractivity contribution in [1.82, 2.24) is 14.8 Å². The van der Waals surface area contributed by atoms with Crippen molar-refractivity contribution in [2.24, 2.45) is 5.92 Å². The molecular weight excluding hydrogens is 841 g/mol. The van der Waals surface area contributed by atoms with Gasteiger partial charge < -0.3 is 43.7 Å². The van der Waals surface area contributed by atoms with E-state index in [2.05, 4.69) is 4.98 Å². The Hall–Kier alpha value is -5.20. The number of carboxylic acids is 1. The van der Waals surface area contributed by atoms with Gasteiger partial charge in [0.15, 0.2) is 0 Å². The number of aliphatic hydroxyl groups is 2. The van der Waals surface area contributed by atoms with Crippen LogP contribution in [-0.4, -0.2) is 94.4 Å². The maximum absolute atomic E-state index is 13.8. The highest BCUT2D eigenvalue weighted by molar-refractivity contribution is 7.09. The second-order valence-corrected chi connectivity index (χ2v) is 17.0. The van der Waals surface area contributed by atoms with E-state index in [9.17, 15) is 33.7 Å². The third-order valence-electron chi connectivity index (χ3n) is 11.9. The van der Waals surface area contributed by atoms with Gasteiger partial charge in [-0.3, -0.25) is 9.48 Å². The van der Waals surface area contributed by atoms with Crippen LogP contribution in [-0.2, 0) is 38.4 Å². The Morgan fingerprint density at radius 3 is 2.25 bits per heavy atom. The van der Waals surface area contributed by atoms with Crippen LogP contribution in [0.1, 0.15) is 100 Å². The molecule has 0 spiro atoms. The van der Waals surface area contributed by atoms with Crippen molar-refractivity contribution in [3.8, 4) is 17.2 Å². The van der Waals surface area contributed by atoms with Crippen LogP contribution in [0, 0.1) is 12.8 Å². The Labute approximate surface area is 367 Å². The summed E-state index contributed by atoms with van der Waals surface area (Å²) < 4.78 is 64.1. The summed E-state index contributed by atoms with van der Waals surface area (Å²) in [5.74, 6) is -0.703. The smallest absolute Gasteiger partial charge is 0.340 e. The molecule has 0 amide bonds. The third kappa shape index (κ3) is 10.8. The SMILES string of the molecule is COc1cc([C@@H](O)[C@H](Cn2cc3cccc(C(=O)OC4CCC4CO[C@@H](Cc4nc(CC(=O)O)cs4)[C@H](O)c4cc(OC)c(C)c(OC)c4)c3n2)OC2CCCC2)ccc1C(F)F. The van der Waals surface area contributed by atoms with E-state index in [0.29, 0.717) is 57.1 Å². The van der Waals surface area contributed by atoms with Crippen LogP contribution in [0.25, 0.3) is 10.9 Å². The molecule has 7 rings (SSSR count). The summed E-state index contributed by atoms with van der Waals surface area (Å²) in [5, 5.41) is 40.3. The third-order valence-corrected chi connectivity index (χ3v) is 12.9. The molecule has 6 atom stereocenters. The van der Waals surface area contributed by atoms with Gasteiger partial charge in [0.2, 0.25) is 0 Å². The van der Waals surface area contributed by atoms with E-state index < -0.39 is 48.9 Å². The number of alkyl halides is 2. The fourth-order valence-corrected chi connectivity index (χ4v) is 9.11. The zero-order valence-corrected chi connectivity index (χ0v) is 36.4. The number of carbonyl (C=O) groups is 2. The Balaban J connectivity index is 1.05. The number of hydrogen-bond acceptors (Lipinski definition) is 13. The van der Waals surface area contributed by atoms with E-state index in [0.717, 1.165) is 31.2 Å². The van der Waals surface area contributed by atoms with Gasteiger partial charge in [0.05, 0.1) is 74.9 Å². The minimum Gasteiger partial charge on any atom is -0.496 e. The van der Waals surface area contributed by atoms with Gasteiger partial charge in [-0.15, -0.1) is 11.3 Å². The predicted molar refractivity (Wildman–Crippen MR) is 228 cm³/mol. The van der Waals surface area contributed by atoms with Crippen LogP contribution in [0.15, 0.2) is 60.1 Å². The van der Waals surface area contributed by atoms with Crippen LogP contribution in [0.3, 0.4) is 0 Å². The predicted octanol–water partition coefficient (Wildman–Crippen LogP) is 7.75. The minimum absolute atomic E-state index is 0.0279. The molecule has 2 unspecified atom stereocenters. The van der Waals surface area contributed by atoms with Crippen LogP contribution in [0.4, 0.5) is 8.78 Å². The van der Waals surface area contributed by atoms with Gasteiger partial charge in [-0.05, 0) is 74.1 Å². The van der Waals surface area contributed by atoms with Crippen molar-refractivity contribution in [2.75, 3.05) is 27.9 Å². The van der Waals surface area contributed by atoms with E-state index >= 15 is 0 Å². The number of carboxylic acid groups (broad SMARTS) is 1. The van der Waals surface area contributed by atoms with E-state index in [1.165, 1.54) is 50.9 Å². The van der Waals surface area contributed by atoms with E-state index in [1.807, 2.05) is 13.0 Å². The van der Waals surface area contributed by atoms with Gasteiger partial charge in [0.25, 0.3) is 6.43 Å². The van der Waals surface area contributed by atoms with Gasteiger partial charge in [-0.1, -0.05) is 31.0 Å². The summed E-state index contributed by atoms with van der Waals surface area (Å²) in [5.41, 5.74) is 2.44. The average molecular weight is 894 g/mol. The number of ether oxygens (including phenoxy) is 6. The molecule has 0 aliphatic heterocycles. The number of benzene rings is 3. The molecule has 2 aliphatic carbocycles. The number of methoxy groups -OCH3 is 3. The highest BCUT2D eigenvalue weighted by Gasteiger charge is 2.37. The van der Waals surface area contributed by atoms with Gasteiger partial charge in [-0.25, -0.2) is 18.6 Å². The van der Waals surface area contributed by atoms with Gasteiger partial charge in [0, 0.05) is 34.9 Å². The highest BCUT2D eigenvalue weighted by atomic mass is 32.1. The summed E-state index contributed by atoms with van der Waals surface area (Å²) in [7, 11) is 4.37. The van der Waals surface area contributed by atoms with Gasteiger partial charge in [0.1, 0.15) is 47.2 Å². The molecule has 17 heteroatoms. The van der Waals surface area contributed by atoms with Crippen molar-refractivity contribution in [2.45, 2.75) is 108 Å². The standard InChI is InChI=1S/C46H53F2N3O11S/c1-25-35(57-2)17-29(18-36(25)58-3)44(55)38(20-40-49-30(24-63-40)19-41(52)53)60-23-28-13-15-34(28)62-46(56)33-11-7-8-27-21-51(50-42(27)33)22-39(61-31-9-5-6-10-31)43(54)26-12-14-32(45(47)48)37(16-26)59-4/h7-8,11-12,14,16-18,21,24,28,31,34,38-39,43-45,54-55H,5-6,9-10,13,15,19-20,22-23H2,1-4H3,(H,52,53)/t28?,34?,38-,39-,43+,44+/m0/s1. The highest BCUT2D eigenvalue weighted by Crippen LogP contribution is 2.38. The van der Waals surface area contributed by atoms with Crippen molar-refractivity contribution < 1.29 is 62.1 Å². The molecule has 0 bridgehead atoms. The van der Waals surface area contributed by atoms with Crippen LogP contribution in [0.5, 0.6) is 17.2 Å². The van der Waals surface area contributed by atoms with Crippen LogP contribution < -0.4 is 14.2 Å². The largest absolute Gasteiger partial charge is 0.496 e. The maximum atomic E-state index is 13.8. The Kier molecular flexibility index (Phi) is 14.9. The number of halogens is 2. The lowest BCUT2D eigenvalue weighted by Crippen LogP contribution is -2.40. The van der Waals surface area contributed by atoms with Crippen molar-refractivity contribution in [1.29, 1.82) is 0 Å². The fourth-order valence-electron chi connectivity index (χ4n) is 8.27.